The molecule has 0 aliphatic carbocycles. The summed E-state index contributed by atoms with van der Waals surface area (Å²) in [7, 11) is 0. The Bertz CT molecular complexity index is 830. The van der Waals surface area contributed by atoms with Gasteiger partial charge in [-0.25, -0.2) is 0 Å². The molecule has 3 rings (SSSR count). The first kappa shape index (κ1) is 17.6. The van der Waals surface area contributed by atoms with Crippen LogP contribution in [0.15, 0.2) is 36.4 Å². The molecule has 0 saturated carbocycles. The van der Waals surface area contributed by atoms with Crippen molar-refractivity contribution in [3.8, 4) is 11.1 Å². The summed E-state index contributed by atoms with van der Waals surface area (Å²) in [4.78, 5) is 12.8. The van der Waals surface area contributed by atoms with Crippen LogP contribution < -0.4 is 4.90 Å². The Morgan fingerprint density at radius 1 is 1.12 bits per heavy atom. The largest absolute Gasteiger partial charge is 0.481 e. The number of nitrogens with zero attached hydrogens (tertiary/aromatic N) is 1. The molecule has 1 aliphatic heterocycles. The summed E-state index contributed by atoms with van der Waals surface area (Å²) in [6.45, 7) is 2.62. The van der Waals surface area contributed by atoms with Gasteiger partial charge >= 0.3 is 12.1 Å². The lowest BCUT2D eigenvalue weighted by Gasteiger charge is -2.39. The zero-order chi connectivity index (χ0) is 18.4. The van der Waals surface area contributed by atoms with E-state index >= 15 is 0 Å². The van der Waals surface area contributed by atoms with Gasteiger partial charge in [-0.3, -0.25) is 4.79 Å². The van der Waals surface area contributed by atoms with Crippen molar-refractivity contribution < 1.29 is 23.1 Å². The molecule has 1 fully saturated rings. The van der Waals surface area contributed by atoms with E-state index in [1.54, 1.807) is 12.1 Å². The third kappa shape index (κ3) is 3.74. The fraction of sp³-hybridized carbons (Fsp3) is 0.278. The summed E-state index contributed by atoms with van der Waals surface area (Å²) in [5, 5.41) is 8.99. The van der Waals surface area contributed by atoms with Crippen molar-refractivity contribution in [1.82, 2.24) is 0 Å². The van der Waals surface area contributed by atoms with Crippen LogP contribution in [0.2, 0.25) is 5.02 Å². The van der Waals surface area contributed by atoms with Crippen LogP contribution in [0.4, 0.5) is 18.9 Å². The predicted octanol–water partition coefficient (Wildman–Crippen LogP) is 4.86. The molecular weight excluding hydrogens is 355 g/mol. The fourth-order valence-electron chi connectivity index (χ4n) is 2.88. The van der Waals surface area contributed by atoms with Gasteiger partial charge < -0.3 is 10.0 Å². The van der Waals surface area contributed by atoms with Gasteiger partial charge in [-0.2, -0.15) is 13.2 Å². The SMILES string of the molecule is Cc1cc(-c2cc(Cl)cc(C(F)(F)F)c2)cc(N2CC(C(=O)O)C2)c1. The smallest absolute Gasteiger partial charge is 0.416 e. The van der Waals surface area contributed by atoms with Gasteiger partial charge in [-0.05, 0) is 53.9 Å². The van der Waals surface area contributed by atoms with E-state index in [9.17, 15) is 18.0 Å². The Labute approximate surface area is 147 Å². The van der Waals surface area contributed by atoms with Crippen molar-refractivity contribution >= 4 is 23.3 Å². The minimum atomic E-state index is -4.47. The predicted molar refractivity (Wildman–Crippen MR) is 90.0 cm³/mol. The molecule has 0 spiro atoms. The first-order chi connectivity index (χ1) is 11.6. The molecule has 0 radical (unpaired) electrons. The maximum atomic E-state index is 13.0. The van der Waals surface area contributed by atoms with Gasteiger partial charge in [-0.15, -0.1) is 0 Å². The average Bonchev–Trinajstić information content (AvgIpc) is 2.43. The number of aliphatic carboxylic acids is 1. The van der Waals surface area contributed by atoms with Crippen LogP contribution in [0.3, 0.4) is 0 Å². The number of aryl methyl sites for hydroxylation is 1. The summed E-state index contributed by atoms with van der Waals surface area (Å²) in [5.41, 5.74) is 1.86. The van der Waals surface area contributed by atoms with Crippen LogP contribution in [-0.4, -0.2) is 24.2 Å². The van der Waals surface area contributed by atoms with E-state index in [0.717, 1.165) is 23.4 Å². The van der Waals surface area contributed by atoms with E-state index < -0.39 is 23.6 Å². The Kier molecular flexibility index (Phi) is 4.41. The molecule has 1 heterocycles. The van der Waals surface area contributed by atoms with Gasteiger partial charge in [0, 0.05) is 23.8 Å². The maximum absolute atomic E-state index is 13.0. The van der Waals surface area contributed by atoms with Gasteiger partial charge in [0.25, 0.3) is 0 Å². The summed E-state index contributed by atoms with van der Waals surface area (Å²) >= 11 is 5.86. The van der Waals surface area contributed by atoms with Crippen LogP contribution in [0.1, 0.15) is 11.1 Å². The van der Waals surface area contributed by atoms with Crippen LogP contribution in [0.25, 0.3) is 11.1 Å². The molecule has 1 aliphatic rings. The second-order valence-electron chi connectivity index (χ2n) is 6.22. The number of benzene rings is 2. The fourth-order valence-corrected chi connectivity index (χ4v) is 3.11. The standard InChI is InChI=1S/C18H15ClF3NO2/c1-10-2-11(6-16(3-10)23-8-13(9-23)17(24)25)12-4-14(18(20,21)22)7-15(19)5-12/h2-7,13H,8-9H2,1H3,(H,24,25). The van der Waals surface area contributed by atoms with E-state index in [2.05, 4.69) is 0 Å². The highest BCUT2D eigenvalue weighted by Crippen LogP contribution is 2.36. The van der Waals surface area contributed by atoms with Crippen molar-refractivity contribution in [1.29, 1.82) is 0 Å². The minimum absolute atomic E-state index is 0.0165. The first-order valence-electron chi connectivity index (χ1n) is 7.61. The zero-order valence-electron chi connectivity index (χ0n) is 13.3. The van der Waals surface area contributed by atoms with E-state index in [1.807, 2.05) is 17.9 Å². The topological polar surface area (TPSA) is 40.5 Å². The molecule has 0 atom stereocenters. The Balaban J connectivity index is 1.96. The highest BCUT2D eigenvalue weighted by molar-refractivity contribution is 6.31. The number of alkyl halides is 3. The molecular formula is C18H15ClF3NO2. The molecule has 0 bridgehead atoms. The lowest BCUT2D eigenvalue weighted by atomic mass is 9.96. The van der Waals surface area contributed by atoms with Crippen molar-refractivity contribution in [2.45, 2.75) is 13.1 Å². The molecule has 2 aromatic carbocycles. The van der Waals surface area contributed by atoms with Crippen LogP contribution in [0.5, 0.6) is 0 Å². The van der Waals surface area contributed by atoms with Crippen LogP contribution >= 0.6 is 11.6 Å². The highest BCUT2D eigenvalue weighted by Gasteiger charge is 2.33. The van der Waals surface area contributed by atoms with Crippen LogP contribution in [-0.2, 0) is 11.0 Å². The van der Waals surface area contributed by atoms with Gasteiger partial charge in [0.05, 0.1) is 11.5 Å². The third-order valence-electron chi connectivity index (χ3n) is 4.22. The normalized spacial score (nSPS) is 15.2. The minimum Gasteiger partial charge on any atom is -0.481 e. The van der Waals surface area contributed by atoms with Gasteiger partial charge in [-0.1, -0.05) is 17.7 Å². The monoisotopic (exact) mass is 369 g/mol. The lowest BCUT2D eigenvalue weighted by molar-refractivity contribution is -0.142. The molecule has 0 unspecified atom stereocenters. The van der Waals surface area contributed by atoms with E-state index in [1.165, 1.54) is 6.07 Å². The van der Waals surface area contributed by atoms with Crippen molar-refractivity contribution in [3.63, 3.8) is 0 Å². The number of carboxylic acid groups (broad SMARTS) is 1. The average molecular weight is 370 g/mol. The molecule has 1 saturated heterocycles. The van der Waals surface area contributed by atoms with Crippen molar-refractivity contribution in [2.24, 2.45) is 5.92 Å². The third-order valence-corrected chi connectivity index (χ3v) is 4.43. The quantitative estimate of drug-likeness (QED) is 0.840. The Hall–Kier alpha value is -2.21. The summed E-state index contributed by atoms with van der Waals surface area (Å²) in [6, 6.07) is 8.89. The number of carboxylic acids is 1. The molecule has 132 valence electrons. The lowest BCUT2D eigenvalue weighted by Crippen LogP contribution is -2.50. The van der Waals surface area contributed by atoms with E-state index in [4.69, 9.17) is 16.7 Å². The molecule has 0 aromatic heterocycles. The molecule has 7 heteroatoms. The molecule has 0 amide bonds. The summed E-state index contributed by atoms with van der Waals surface area (Å²) in [6.07, 6.45) is -4.47. The second-order valence-corrected chi connectivity index (χ2v) is 6.66. The van der Waals surface area contributed by atoms with Gasteiger partial charge in [0.15, 0.2) is 0 Å². The number of rotatable bonds is 3. The van der Waals surface area contributed by atoms with Gasteiger partial charge in [0.2, 0.25) is 0 Å². The Morgan fingerprint density at radius 2 is 1.76 bits per heavy atom. The number of carbonyl (C=O) groups is 1. The first-order valence-corrected chi connectivity index (χ1v) is 7.99. The van der Waals surface area contributed by atoms with Crippen molar-refractivity contribution in [3.05, 3.63) is 52.5 Å². The van der Waals surface area contributed by atoms with E-state index in [-0.39, 0.29) is 5.02 Å². The van der Waals surface area contributed by atoms with Gasteiger partial charge in [0.1, 0.15) is 0 Å². The number of hydrogen-bond acceptors (Lipinski definition) is 2. The second kappa shape index (κ2) is 6.26. The summed E-state index contributed by atoms with van der Waals surface area (Å²) in [5.74, 6) is -1.25. The van der Waals surface area contributed by atoms with Crippen molar-refractivity contribution in [2.75, 3.05) is 18.0 Å². The van der Waals surface area contributed by atoms with E-state index in [0.29, 0.717) is 24.2 Å². The summed E-state index contributed by atoms with van der Waals surface area (Å²) < 4.78 is 39.0. The number of anilines is 1. The Morgan fingerprint density at radius 3 is 2.36 bits per heavy atom. The zero-order valence-corrected chi connectivity index (χ0v) is 14.0. The molecule has 3 nitrogen and oxygen atoms in total. The number of hydrogen-bond donors (Lipinski definition) is 1. The molecule has 1 N–H and O–H groups in total. The molecule has 2 aromatic rings. The highest BCUT2D eigenvalue weighted by atomic mass is 35.5. The number of halogens is 4. The van der Waals surface area contributed by atoms with Crippen LogP contribution in [0, 0.1) is 12.8 Å². The maximum Gasteiger partial charge on any atom is 0.416 e. The molecule has 25 heavy (non-hydrogen) atoms.